The standard InChI is InChI=1S/C20H17ClN8O/c1-2-18(30)26-15-5-3-13(4-6-15)11-29-12-16(9-25-29)27-20-22-10-17(21)19(28-20)14-7-23-24-8-14/h2-10,12H,1,11H2,(H,23,24)(H,26,30)(H,22,27,28). The Balaban J connectivity index is 1.43. The molecule has 0 bridgehead atoms. The van der Waals surface area contributed by atoms with E-state index < -0.39 is 0 Å². The molecule has 0 atom stereocenters. The molecule has 10 heteroatoms. The zero-order valence-electron chi connectivity index (χ0n) is 15.7. The molecule has 4 aromatic rings. The summed E-state index contributed by atoms with van der Waals surface area (Å²) >= 11 is 6.19. The fourth-order valence-electron chi connectivity index (χ4n) is 2.73. The van der Waals surface area contributed by atoms with Crippen molar-refractivity contribution >= 4 is 34.8 Å². The molecule has 1 aromatic carbocycles. The van der Waals surface area contributed by atoms with Gasteiger partial charge in [0.05, 0.1) is 41.5 Å². The monoisotopic (exact) mass is 420 g/mol. The van der Waals surface area contributed by atoms with E-state index in [0.717, 1.165) is 16.8 Å². The van der Waals surface area contributed by atoms with Crippen LogP contribution < -0.4 is 10.6 Å². The number of carbonyl (C=O) groups is 1. The first kappa shape index (κ1) is 19.3. The van der Waals surface area contributed by atoms with E-state index in [1.54, 1.807) is 23.3 Å². The van der Waals surface area contributed by atoms with Crippen LogP contribution in [0.2, 0.25) is 5.02 Å². The van der Waals surface area contributed by atoms with E-state index >= 15 is 0 Å². The Kier molecular flexibility index (Phi) is 5.53. The molecule has 30 heavy (non-hydrogen) atoms. The van der Waals surface area contributed by atoms with E-state index in [1.165, 1.54) is 12.3 Å². The van der Waals surface area contributed by atoms with Crippen molar-refractivity contribution < 1.29 is 4.79 Å². The molecular weight excluding hydrogens is 404 g/mol. The first-order valence-corrected chi connectivity index (χ1v) is 9.32. The zero-order chi connectivity index (χ0) is 20.9. The van der Waals surface area contributed by atoms with Gasteiger partial charge in [-0.3, -0.25) is 14.6 Å². The molecule has 3 aromatic heterocycles. The number of hydrogen-bond donors (Lipinski definition) is 3. The number of aromatic amines is 1. The van der Waals surface area contributed by atoms with E-state index in [1.807, 2.05) is 30.5 Å². The van der Waals surface area contributed by atoms with Gasteiger partial charge in [-0.15, -0.1) is 0 Å². The number of halogens is 1. The second-order valence-corrected chi connectivity index (χ2v) is 6.73. The lowest BCUT2D eigenvalue weighted by atomic mass is 10.2. The van der Waals surface area contributed by atoms with Crippen molar-refractivity contribution in [1.29, 1.82) is 0 Å². The quantitative estimate of drug-likeness (QED) is 0.393. The Morgan fingerprint density at radius 1 is 1.20 bits per heavy atom. The summed E-state index contributed by atoms with van der Waals surface area (Å²) in [5, 5.41) is 17.3. The van der Waals surface area contributed by atoms with Crippen LogP contribution in [0.5, 0.6) is 0 Å². The molecule has 0 saturated heterocycles. The summed E-state index contributed by atoms with van der Waals surface area (Å²) in [4.78, 5) is 20.0. The summed E-state index contributed by atoms with van der Waals surface area (Å²) in [6.45, 7) is 4.00. The first-order valence-electron chi connectivity index (χ1n) is 8.94. The molecule has 3 N–H and O–H groups in total. The van der Waals surface area contributed by atoms with Crippen LogP contribution >= 0.6 is 11.6 Å². The number of amides is 1. The predicted octanol–water partition coefficient (Wildman–Crippen LogP) is 3.63. The highest BCUT2D eigenvalue weighted by molar-refractivity contribution is 6.32. The fourth-order valence-corrected chi connectivity index (χ4v) is 2.93. The van der Waals surface area contributed by atoms with Crippen LogP contribution in [0.25, 0.3) is 11.3 Å². The highest BCUT2D eigenvalue weighted by atomic mass is 35.5. The van der Waals surface area contributed by atoms with E-state index in [0.29, 0.717) is 28.9 Å². The van der Waals surface area contributed by atoms with Gasteiger partial charge in [-0.2, -0.15) is 10.2 Å². The van der Waals surface area contributed by atoms with Crippen LogP contribution in [0.3, 0.4) is 0 Å². The summed E-state index contributed by atoms with van der Waals surface area (Å²) < 4.78 is 1.78. The van der Waals surface area contributed by atoms with Crippen molar-refractivity contribution in [2.24, 2.45) is 0 Å². The van der Waals surface area contributed by atoms with Crippen LogP contribution in [0.4, 0.5) is 17.3 Å². The third-order valence-electron chi connectivity index (χ3n) is 4.16. The minimum Gasteiger partial charge on any atom is -0.323 e. The van der Waals surface area contributed by atoms with Gasteiger partial charge in [-0.25, -0.2) is 9.97 Å². The Morgan fingerprint density at radius 2 is 2.03 bits per heavy atom. The molecule has 0 aliphatic heterocycles. The van der Waals surface area contributed by atoms with Crippen molar-refractivity contribution in [2.45, 2.75) is 6.54 Å². The molecule has 0 fully saturated rings. The second kappa shape index (κ2) is 8.58. The zero-order valence-corrected chi connectivity index (χ0v) is 16.5. The topological polar surface area (TPSA) is 113 Å². The van der Waals surface area contributed by atoms with Crippen LogP contribution in [0.15, 0.2) is 67.9 Å². The Hall–Kier alpha value is -3.98. The van der Waals surface area contributed by atoms with Crippen molar-refractivity contribution in [2.75, 3.05) is 10.6 Å². The molecule has 0 radical (unpaired) electrons. The second-order valence-electron chi connectivity index (χ2n) is 6.32. The number of anilines is 3. The summed E-state index contributed by atoms with van der Waals surface area (Å²) in [5.74, 6) is 0.156. The van der Waals surface area contributed by atoms with Crippen molar-refractivity contribution in [1.82, 2.24) is 29.9 Å². The fraction of sp³-hybridized carbons (Fsp3) is 0.0500. The maximum absolute atomic E-state index is 11.3. The van der Waals surface area contributed by atoms with Crippen LogP contribution in [-0.2, 0) is 11.3 Å². The highest BCUT2D eigenvalue weighted by Crippen LogP contribution is 2.26. The summed E-state index contributed by atoms with van der Waals surface area (Å²) in [6, 6.07) is 7.51. The maximum Gasteiger partial charge on any atom is 0.247 e. The van der Waals surface area contributed by atoms with Gasteiger partial charge in [0, 0.05) is 23.6 Å². The third-order valence-corrected chi connectivity index (χ3v) is 4.43. The number of hydrogen-bond acceptors (Lipinski definition) is 6. The smallest absolute Gasteiger partial charge is 0.247 e. The molecule has 0 unspecified atom stereocenters. The molecule has 150 valence electrons. The van der Waals surface area contributed by atoms with Crippen LogP contribution in [-0.4, -0.2) is 35.9 Å². The number of nitrogens with zero attached hydrogens (tertiary/aromatic N) is 5. The van der Waals surface area contributed by atoms with E-state index in [4.69, 9.17) is 11.6 Å². The van der Waals surface area contributed by atoms with Gasteiger partial charge in [0.2, 0.25) is 11.9 Å². The van der Waals surface area contributed by atoms with E-state index in [-0.39, 0.29) is 5.91 Å². The molecule has 9 nitrogen and oxygen atoms in total. The van der Waals surface area contributed by atoms with E-state index in [9.17, 15) is 4.79 Å². The lowest BCUT2D eigenvalue weighted by Gasteiger charge is -2.06. The van der Waals surface area contributed by atoms with Crippen molar-refractivity contribution in [3.05, 3.63) is 78.5 Å². The minimum atomic E-state index is -0.245. The Morgan fingerprint density at radius 3 is 2.77 bits per heavy atom. The summed E-state index contributed by atoms with van der Waals surface area (Å²) in [7, 11) is 0. The van der Waals surface area contributed by atoms with Crippen LogP contribution in [0, 0.1) is 0 Å². The molecule has 3 heterocycles. The lowest BCUT2D eigenvalue weighted by Crippen LogP contribution is -2.07. The molecule has 1 amide bonds. The maximum atomic E-state index is 11.3. The summed E-state index contributed by atoms with van der Waals surface area (Å²) in [5.41, 5.74) is 3.84. The van der Waals surface area contributed by atoms with Crippen molar-refractivity contribution in [3.63, 3.8) is 0 Å². The van der Waals surface area contributed by atoms with E-state index in [2.05, 4.69) is 42.5 Å². The largest absolute Gasteiger partial charge is 0.323 e. The van der Waals surface area contributed by atoms with Gasteiger partial charge in [-0.1, -0.05) is 30.3 Å². The van der Waals surface area contributed by atoms with Gasteiger partial charge in [0.1, 0.15) is 0 Å². The number of aromatic nitrogens is 6. The Labute approximate surface area is 176 Å². The number of rotatable bonds is 7. The van der Waals surface area contributed by atoms with Gasteiger partial charge >= 0.3 is 0 Å². The van der Waals surface area contributed by atoms with Gasteiger partial charge in [-0.05, 0) is 23.8 Å². The lowest BCUT2D eigenvalue weighted by molar-refractivity contribution is -0.111. The Bertz CT molecular complexity index is 1170. The van der Waals surface area contributed by atoms with Crippen molar-refractivity contribution in [3.8, 4) is 11.3 Å². The minimum absolute atomic E-state index is 0.245. The predicted molar refractivity (Wildman–Crippen MR) is 115 cm³/mol. The molecule has 0 aliphatic carbocycles. The van der Waals surface area contributed by atoms with Gasteiger partial charge in [0.25, 0.3) is 0 Å². The summed E-state index contributed by atoms with van der Waals surface area (Å²) in [6.07, 6.45) is 9.66. The number of H-pyrrole nitrogens is 1. The average molecular weight is 421 g/mol. The average Bonchev–Trinajstić information content (AvgIpc) is 3.43. The number of benzene rings is 1. The molecule has 4 rings (SSSR count). The normalized spacial score (nSPS) is 10.6. The SMILES string of the molecule is C=CC(=O)Nc1ccc(Cn2cc(Nc3ncc(Cl)c(-c4cn[nH]c4)n3)cn2)cc1. The number of nitrogens with one attached hydrogen (secondary N) is 3. The van der Waals surface area contributed by atoms with Gasteiger partial charge < -0.3 is 10.6 Å². The molecular formula is C20H17ClN8O. The van der Waals surface area contributed by atoms with Crippen LogP contribution in [0.1, 0.15) is 5.56 Å². The molecule has 0 spiro atoms. The highest BCUT2D eigenvalue weighted by Gasteiger charge is 2.10. The first-order chi connectivity index (χ1) is 14.6. The number of carbonyl (C=O) groups excluding carboxylic acids is 1. The van der Waals surface area contributed by atoms with Gasteiger partial charge in [0.15, 0.2) is 0 Å². The molecule has 0 saturated carbocycles. The third kappa shape index (κ3) is 4.53. The molecule has 0 aliphatic rings.